The van der Waals surface area contributed by atoms with E-state index >= 15 is 0 Å². The topological polar surface area (TPSA) is 59.6 Å². The Hall–Kier alpha value is -0.650. The smallest absolute Gasteiger partial charge is 0.249 e. The lowest BCUT2D eigenvalue weighted by atomic mass is 10.0. The van der Waals surface area contributed by atoms with Crippen LogP contribution in [0.1, 0.15) is 48.0 Å². The van der Waals surface area contributed by atoms with Gasteiger partial charge in [0.15, 0.2) is 0 Å². The van der Waals surface area contributed by atoms with Crippen LogP contribution in [0.15, 0.2) is 0 Å². The molecule has 0 spiro atoms. The molecule has 0 aliphatic carbocycles. The predicted molar refractivity (Wildman–Crippen MR) is 79.7 cm³/mol. The van der Waals surface area contributed by atoms with E-state index in [1.165, 1.54) is 0 Å². The van der Waals surface area contributed by atoms with Crippen molar-refractivity contribution in [3.63, 3.8) is 0 Å². The molecule has 2 unspecified atom stereocenters. The molecule has 20 heavy (non-hydrogen) atoms. The zero-order valence-corrected chi connectivity index (χ0v) is 13.7. The molecule has 2 N–H and O–H groups in total. The zero-order chi connectivity index (χ0) is 15.4. The summed E-state index contributed by atoms with van der Waals surface area (Å²) in [6.07, 6.45) is 0.414. The minimum atomic E-state index is -0.463. The molecule has 2 atom stereocenters. The molecule has 0 radical (unpaired) electrons. The highest BCUT2D eigenvalue weighted by molar-refractivity contribution is 5.81. The molecule has 1 aliphatic heterocycles. The number of rotatable bonds is 6. The average Bonchev–Trinajstić information content (AvgIpc) is 2.34. The lowest BCUT2D eigenvalue weighted by Crippen LogP contribution is -2.53. The van der Waals surface area contributed by atoms with Crippen LogP contribution in [0.5, 0.6) is 0 Å². The highest BCUT2D eigenvalue weighted by Gasteiger charge is 2.29. The Kier molecular flexibility index (Phi) is 5.98. The quantitative estimate of drug-likeness (QED) is 0.776. The van der Waals surface area contributed by atoms with Crippen LogP contribution in [-0.4, -0.2) is 49.0 Å². The summed E-state index contributed by atoms with van der Waals surface area (Å²) >= 11 is 0. The largest absolute Gasteiger partial charge is 0.367 e. The van der Waals surface area contributed by atoms with Gasteiger partial charge in [-0.1, -0.05) is 6.92 Å². The summed E-state index contributed by atoms with van der Waals surface area (Å²) in [7, 11) is 0. The van der Waals surface area contributed by atoms with Gasteiger partial charge in [-0.05, 0) is 41.0 Å². The predicted octanol–water partition coefficient (Wildman–Crippen LogP) is 1.46. The lowest BCUT2D eigenvalue weighted by Gasteiger charge is -2.37. The molecule has 1 saturated heterocycles. The Morgan fingerprint density at radius 3 is 2.75 bits per heavy atom. The van der Waals surface area contributed by atoms with E-state index < -0.39 is 6.10 Å². The monoisotopic (exact) mass is 286 g/mol. The number of amides is 1. The number of carbonyl (C=O) groups is 1. The molecule has 1 rings (SSSR count). The number of carbonyl (C=O) groups excluding carboxylic acids is 1. The van der Waals surface area contributed by atoms with E-state index in [4.69, 9.17) is 9.47 Å². The molecule has 0 aromatic carbocycles. The third-order valence-corrected chi connectivity index (χ3v) is 3.66. The first-order valence-electron chi connectivity index (χ1n) is 7.47. The van der Waals surface area contributed by atoms with Gasteiger partial charge in [0.1, 0.15) is 6.10 Å². The minimum absolute atomic E-state index is 0.00631. The summed E-state index contributed by atoms with van der Waals surface area (Å²) in [6, 6.07) is 0. The molecule has 0 bridgehead atoms. The van der Waals surface area contributed by atoms with Gasteiger partial charge in [-0.25, -0.2) is 0 Å². The number of hydrogen-bond donors (Lipinski definition) is 2. The molecule has 0 saturated carbocycles. The molecular formula is C15H30N2O3. The van der Waals surface area contributed by atoms with E-state index in [0.29, 0.717) is 6.61 Å². The molecular weight excluding hydrogens is 256 g/mol. The van der Waals surface area contributed by atoms with Crippen molar-refractivity contribution in [1.29, 1.82) is 0 Å². The molecule has 1 aliphatic rings. The van der Waals surface area contributed by atoms with Gasteiger partial charge in [-0.3, -0.25) is 4.79 Å². The number of nitrogens with one attached hydrogen (secondary N) is 2. The number of morpholine rings is 1. The zero-order valence-electron chi connectivity index (χ0n) is 13.7. The molecule has 0 aromatic heterocycles. The fourth-order valence-corrected chi connectivity index (χ4v) is 2.01. The van der Waals surface area contributed by atoms with Gasteiger partial charge in [0.05, 0.1) is 18.3 Å². The summed E-state index contributed by atoms with van der Waals surface area (Å²) in [6.45, 7) is 14.0. The summed E-state index contributed by atoms with van der Waals surface area (Å²) < 4.78 is 11.6. The van der Waals surface area contributed by atoms with Gasteiger partial charge in [0, 0.05) is 18.6 Å². The summed E-state index contributed by atoms with van der Waals surface area (Å²) in [5.74, 6) is -0.0696. The van der Waals surface area contributed by atoms with Gasteiger partial charge >= 0.3 is 0 Å². The maximum atomic E-state index is 12.0. The van der Waals surface area contributed by atoms with Gasteiger partial charge in [-0.2, -0.15) is 0 Å². The lowest BCUT2D eigenvalue weighted by molar-refractivity contribution is -0.146. The second-order valence-electron chi connectivity index (χ2n) is 6.83. The van der Waals surface area contributed by atoms with Gasteiger partial charge in [0.25, 0.3) is 0 Å². The first kappa shape index (κ1) is 17.4. The Bertz CT molecular complexity index is 329. The van der Waals surface area contributed by atoms with Crippen molar-refractivity contribution in [1.82, 2.24) is 10.6 Å². The third kappa shape index (κ3) is 5.77. The van der Waals surface area contributed by atoms with Crippen molar-refractivity contribution in [2.24, 2.45) is 0 Å². The summed E-state index contributed by atoms with van der Waals surface area (Å²) in [4.78, 5) is 12.0. The van der Waals surface area contributed by atoms with Crippen LogP contribution >= 0.6 is 0 Å². The van der Waals surface area contributed by atoms with E-state index in [0.717, 1.165) is 19.5 Å². The van der Waals surface area contributed by atoms with Gasteiger partial charge in [-0.15, -0.1) is 0 Å². The van der Waals surface area contributed by atoms with E-state index in [1.807, 2.05) is 27.7 Å². The minimum Gasteiger partial charge on any atom is -0.367 e. The fraction of sp³-hybridized carbons (Fsp3) is 0.933. The Balaban J connectivity index is 2.35. The number of ether oxygens (including phenoxy) is 2. The Morgan fingerprint density at radius 2 is 2.20 bits per heavy atom. The molecule has 1 heterocycles. The highest BCUT2D eigenvalue weighted by Crippen LogP contribution is 2.16. The molecule has 1 fully saturated rings. The van der Waals surface area contributed by atoms with Crippen LogP contribution in [0.4, 0.5) is 0 Å². The van der Waals surface area contributed by atoms with E-state index in [9.17, 15) is 4.79 Å². The average molecular weight is 286 g/mol. The maximum Gasteiger partial charge on any atom is 0.249 e. The van der Waals surface area contributed by atoms with Crippen molar-refractivity contribution in [3.8, 4) is 0 Å². The van der Waals surface area contributed by atoms with Crippen molar-refractivity contribution in [2.45, 2.75) is 71.3 Å². The van der Waals surface area contributed by atoms with Gasteiger partial charge < -0.3 is 20.1 Å². The van der Waals surface area contributed by atoms with Crippen LogP contribution in [-0.2, 0) is 14.3 Å². The summed E-state index contributed by atoms with van der Waals surface area (Å²) in [5.41, 5.74) is -0.373. The van der Waals surface area contributed by atoms with E-state index in [2.05, 4.69) is 17.6 Å². The van der Waals surface area contributed by atoms with Crippen molar-refractivity contribution in [2.75, 3.05) is 19.7 Å². The van der Waals surface area contributed by atoms with Crippen molar-refractivity contribution >= 4 is 5.91 Å². The first-order valence-corrected chi connectivity index (χ1v) is 7.47. The fourth-order valence-electron chi connectivity index (χ4n) is 2.01. The Morgan fingerprint density at radius 1 is 1.55 bits per heavy atom. The second-order valence-corrected chi connectivity index (χ2v) is 6.83. The molecule has 0 aromatic rings. The highest BCUT2D eigenvalue weighted by atomic mass is 16.6. The van der Waals surface area contributed by atoms with Crippen LogP contribution in [0.2, 0.25) is 0 Å². The van der Waals surface area contributed by atoms with Crippen molar-refractivity contribution < 1.29 is 14.3 Å². The number of hydrogen-bond acceptors (Lipinski definition) is 4. The van der Waals surface area contributed by atoms with Gasteiger partial charge in [0.2, 0.25) is 5.91 Å². The SMILES string of the molecule is CCC(C)(C)NC(=O)C(C)OCC1CNCC(C)(C)O1. The second kappa shape index (κ2) is 6.87. The summed E-state index contributed by atoms with van der Waals surface area (Å²) in [5, 5.41) is 6.31. The molecule has 118 valence electrons. The standard InChI is InChI=1S/C15H30N2O3/c1-7-14(3,4)17-13(18)11(2)19-9-12-8-16-10-15(5,6)20-12/h11-12,16H,7-10H2,1-6H3,(H,17,18). The third-order valence-electron chi connectivity index (χ3n) is 3.66. The van der Waals surface area contributed by atoms with Crippen LogP contribution in [0.3, 0.4) is 0 Å². The first-order chi connectivity index (χ1) is 9.15. The van der Waals surface area contributed by atoms with Crippen molar-refractivity contribution in [3.05, 3.63) is 0 Å². The van der Waals surface area contributed by atoms with Crippen LogP contribution in [0, 0.1) is 0 Å². The normalized spacial score (nSPS) is 24.2. The van der Waals surface area contributed by atoms with E-state index in [-0.39, 0.29) is 23.2 Å². The molecule has 5 nitrogen and oxygen atoms in total. The Labute approximate surface area is 122 Å². The molecule has 5 heteroatoms. The maximum absolute atomic E-state index is 12.0. The molecule has 1 amide bonds. The van der Waals surface area contributed by atoms with E-state index in [1.54, 1.807) is 6.92 Å². The van der Waals surface area contributed by atoms with Crippen LogP contribution < -0.4 is 10.6 Å². The van der Waals surface area contributed by atoms with Crippen LogP contribution in [0.25, 0.3) is 0 Å².